The highest BCUT2D eigenvalue weighted by atomic mass is 16.1. The molecule has 39 heavy (non-hydrogen) atoms. The van der Waals surface area contributed by atoms with E-state index in [9.17, 15) is 9.59 Å². The Kier molecular flexibility index (Phi) is 7.14. The second-order valence-corrected chi connectivity index (χ2v) is 9.95. The maximum atomic E-state index is 12.8. The lowest BCUT2D eigenvalue weighted by molar-refractivity contribution is 0.0991. The molecule has 1 heterocycles. The molecule has 5 rings (SSSR count). The Bertz CT molecular complexity index is 1620. The average molecular weight is 518 g/mol. The van der Waals surface area contributed by atoms with Gasteiger partial charge in [0, 0.05) is 68.4 Å². The van der Waals surface area contributed by atoms with E-state index in [1.54, 1.807) is 0 Å². The van der Waals surface area contributed by atoms with Gasteiger partial charge in [-0.05, 0) is 90.5 Å². The maximum Gasteiger partial charge on any atom is 0.255 e. The van der Waals surface area contributed by atoms with Gasteiger partial charge in [0.25, 0.3) is 5.91 Å². The van der Waals surface area contributed by atoms with E-state index >= 15 is 0 Å². The number of hydrogen-bond donors (Lipinski definition) is 2. The molecule has 7 nitrogen and oxygen atoms in total. The lowest BCUT2D eigenvalue weighted by Gasteiger charge is -2.12. The Labute approximate surface area is 228 Å². The number of Topliss-reactive ketones (excluding diaryl/α,β-unsaturated/α-hetero) is 1. The predicted octanol–water partition coefficient (Wildman–Crippen LogP) is 6.04. The SMILES string of the molecule is CN(C)c1ccc(C(=O)Cc2ccc3nc(-c4ccc(NC(=O)c5ccc(N(C)C)cc5)cc4)[nH]c3c2)cc1. The van der Waals surface area contributed by atoms with E-state index in [0.717, 1.165) is 39.4 Å². The van der Waals surface area contributed by atoms with Crippen molar-refractivity contribution in [2.24, 2.45) is 0 Å². The van der Waals surface area contributed by atoms with Crippen LogP contribution in [0.2, 0.25) is 0 Å². The molecule has 0 aliphatic carbocycles. The van der Waals surface area contributed by atoms with E-state index in [0.29, 0.717) is 23.2 Å². The van der Waals surface area contributed by atoms with Crippen LogP contribution in [0, 0.1) is 0 Å². The summed E-state index contributed by atoms with van der Waals surface area (Å²) in [4.78, 5) is 37.5. The summed E-state index contributed by atoms with van der Waals surface area (Å²) in [6, 6.07) is 28.6. The number of carbonyl (C=O) groups excluding carboxylic acids is 2. The van der Waals surface area contributed by atoms with Crippen molar-refractivity contribution in [3.8, 4) is 11.4 Å². The average Bonchev–Trinajstić information content (AvgIpc) is 3.37. The van der Waals surface area contributed by atoms with E-state index in [1.165, 1.54) is 0 Å². The molecule has 196 valence electrons. The third-order valence-electron chi connectivity index (χ3n) is 6.68. The standard InChI is InChI=1S/C32H31N5O2/c1-36(2)26-14-8-22(9-15-26)30(38)20-21-5-18-28-29(19-21)35-31(34-28)23-6-12-25(13-7-23)33-32(39)24-10-16-27(17-11-24)37(3)4/h5-19H,20H2,1-4H3,(H,33,39)(H,34,35). The van der Waals surface area contributed by atoms with Crippen molar-refractivity contribution in [3.05, 3.63) is 108 Å². The first-order chi connectivity index (χ1) is 18.8. The van der Waals surface area contributed by atoms with Crippen LogP contribution in [0.25, 0.3) is 22.4 Å². The summed E-state index contributed by atoms with van der Waals surface area (Å²) in [6.45, 7) is 0. The van der Waals surface area contributed by atoms with E-state index in [-0.39, 0.29) is 11.7 Å². The number of aromatic amines is 1. The first-order valence-corrected chi connectivity index (χ1v) is 12.8. The van der Waals surface area contributed by atoms with Gasteiger partial charge in [0.05, 0.1) is 11.0 Å². The topological polar surface area (TPSA) is 81.3 Å². The van der Waals surface area contributed by atoms with Gasteiger partial charge in [-0.3, -0.25) is 9.59 Å². The third-order valence-corrected chi connectivity index (χ3v) is 6.68. The van der Waals surface area contributed by atoms with Gasteiger partial charge in [0.15, 0.2) is 5.78 Å². The van der Waals surface area contributed by atoms with Gasteiger partial charge in [-0.15, -0.1) is 0 Å². The molecule has 7 heteroatoms. The van der Waals surface area contributed by atoms with Crippen LogP contribution in [0.1, 0.15) is 26.3 Å². The van der Waals surface area contributed by atoms with Crippen molar-refractivity contribution in [1.82, 2.24) is 9.97 Å². The summed E-state index contributed by atoms with van der Waals surface area (Å²) < 4.78 is 0. The molecule has 0 saturated heterocycles. The van der Waals surface area contributed by atoms with Crippen LogP contribution in [0.5, 0.6) is 0 Å². The predicted molar refractivity (Wildman–Crippen MR) is 159 cm³/mol. The number of H-pyrrole nitrogens is 1. The first kappa shape index (κ1) is 25.7. The zero-order chi connectivity index (χ0) is 27.5. The number of rotatable bonds is 8. The van der Waals surface area contributed by atoms with Crippen LogP contribution in [0.3, 0.4) is 0 Å². The zero-order valence-electron chi connectivity index (χ0n) is 22.5. The van der Waals surface area contributed by atoms with Crippen molar-refractivity contribution in [3.63, 3.8) is 0 Å². The number of nitrogens with one attached hydrogen (secondary N) is 2. The molecule has 0 spiro atoms. The molecule has 0 bridgehead atoms. The van der Waals surface area contributed by atoms with Crippen LogP contribution in [-0.4, -0.2) is 49.8 Å². The minimum atomic E-state index is -0.160. The molecule has 0 radical (unpaired) electrons. The summed E-state index contributed by atoms with van der Waals surface area (Å²) in [5.74, 6) is 0.642. The second kappa shape index (κ2) is 10.8. The molecule has 0 aliphatic rings. The molecule has 5 aromatic rings. The number of fused-ring (bicyclic) bond motifs is 1. The molecule has 0 atom stereocenters. The minimum Gasteiger partial charge on any atom is -0.378 e. The van der Waals surface area contributed by atoms with Gasteiger partial charge in [-0.1, -0.05) is 6.07 Å². The largest absolute Gasteiger partial charge is 0.378 e. The van der Waals surface area contributed by atoms with Crippen LogP contribution >= 0.6 is 0 Å². The Morgan fingerprint density at radius 3 is 1.92 bits per heavy atom. The smallest absolute Gasteiger partial charge is 0.255 e. The normalized spacial score (nSPS) is 10.9. The van der Waals surface area contributed by atoms with E-state index in [4.69, 9.17) is 4.98 Å². The van der Waals surface area contributed by atoms with E-state index < -0.39 is 0 Å². The number of aromatic nitrogens is 2. The van der Waals surface area contributed by atoms with Crippen LogP contribution in [-0.2, 0) is 6.42 Å². The minimum absolute atomic E-state index is 0.0747. The fraction of sp³-hybridized carbons (Fsp3) is 0.156. The molecule has 0 saturated carbocycles. The fourth-order valence-electron chi connectivity index (χ4n) is 4.36. The molecule has 0 aliphatic heterocycles. The maximum absolute atomic E-state index is 12.8. The molecule has 0 unspecified atom stereocenters. The molecular weight excluding hydrogens is 486 g/mol. The molecular formula is C32H31N5O2. The molecule has 4 aromatic carbocycles. The fourth-order valence-corrected chi connectivity index (χ4v) is 4.36. The van der Waals surface area contributed by atoms with Crippen LogP contribution in [0.4, 0.5) is 17.1 Å². The molecule has 0 fully saturated rings. The van der Waals surface area contributed by atoms with E-state index in [1.807, 2.05) is 129 Å². The van der Waals surface area contributed by atoms with Gasteiger partial charge in [0.1, 0.15) is 5.82 Å². The summed E-state index contributed by atoms with van der Waals surface area (Å²) in [7, 11) is 7.88. The highest BCUT2D eigenvalue weighted by Gasteiger charge is 2.12. The first-order valence-electron chi connectivity index (χ1n) is 12.8. The van der Waals surface area contributed by atoms with Crippen molar-refractivity contribution in [2.75, 3.05) is 43.3 Å². The van der Waals surface area contributed by atoms with Gasteiger partial charge in [0.2, 0.25) is 0 Å². The zero-order valence-corrected chi connectivity index (χ0v) is 22.5. The van der Waals surface area contributed by atoms with Crippen molar-refractivity contribution in [1.29, 1.82) is 0 Å². The van der Waals surface area contributed by atoms with Gasteiger partial charge in [-0.2, -0.15) is 0 Å². The number of ketones is 1. The Hall–Kier alpha value is -4.91. The summed E-state index contributed by atoms with van der Waals surface area (Å²) in [5.41, 5.74) is 7.63. The molecule has 1 amide bonds. The van der Waals surface area contributed by atoms with Crippen molar-refractivity contribution in [2.45, 2.75) is 6.42 Å². The third kappa shape index (κ3) is 5.83. The Morgan fingerprint density at radius 2 is 1.33 bits per heavy atom. The number of carbonyl (C=O) groups is 2. The number of anilines is 3. The lowest BCUT2D eigenvalue weighted by atomic mass is 10.0. The second-order valence-electron chi connectivity index (χ2n) is 9.95. The number of benzene rings is 4. The molecule has 1 aromatic heterocycles. The molecule has 2 N–H and O–H groups in total. The summed E-state index contributed by atoms with van der Waals surface area (Å²) >= 11 is 0. The number of nitrogens with zero attached hydrogens (tertiary/aromatic N) is 3. The monoisotopic (exact) mass is 517 g/mol. The summed E-state index contributed by atoms with van der Waals surface area (Å²) in [6.07, 6.45) is 0.317. The number of amides is 1. The van der Waals surface area contributed by atoms with Crippen molar-refractivity contribution >= 4 is 39.8 Å². The lowest BCUT2D eigenvalue weighted by Crippen LogP contribution is -2.13. The Balaban J connectivity index is 1.26. The van der Waals surface area contributed by atoms with E-state index in [2.05, 4.69) is 10.3 Å². The van der Waals surface area contributed by atoms with Gasteiger partial charge >= 0.3 is 0 Å². The Morgan fingerprint density at radius 1 is 0.744 bits per heavy atom. The van der Waals surface area contributed by atoms with Gasteiger partial charge in [-0.25, -0.2) is 4.98 Å². The highest BCUT2D eigenvalue weighted by Crippen LogP contribution is 2.24. The quantitative estimate of drug-likeness (QED) is 0.245. The number of hydrogen-bond acceptors (Lipinski definition) is 5. The number of imidazole rings is 1. The summed E-state index contributed by atoms with van der Waals surface area (Å²) in [5, 5.41) is 2.94. The van der Waals surface area contributed by atoms with Gasteiger partial charge < -0.3 is 20.1 Å². The van der Waals surface area contributed by atoms with Crippen LogP contribution in [0.15, 0.2) is 91.0 Å². The van der Waals surface area contributed by atoms with Crippen molar-refractivity contribution < 1.29 is 9.59 Å². The van der Waals surface area contributed by atoms with Crippen LogP contribution < -0.4 is 15.1 Å². The highest BCUT2D eigenvalue weighted by molar-refractivity contribution is 6.04.